The minimum atomic E-state index is -4.01. The molecule has 0 amide bonds. The molecule has 1 radical (unpaired) electrons. The Morgan fingerprint density at radius 3 is 2.31 bits per heavy atom. The third kappa shape index (κ3) is 10.2. The quantitative estimate of drug-likeness (QED) is 0.161. The topological polar surface area (TPSA) is 118 Å². The first kappa shape index (κ1) is 29.2. The standard InChI is InChI=1S/C25H38O9P/c1-3-5-6-7-8-9-10-11-12-17-23(26)31-18-20-19-32-35(29,34-20)25(28)33-22-16-14-13-15-21(22)24(27)30-4-2/h13-16,20,29H,3-12,17-19H2,1-2H3. The van der Waals surface area contributed by atoms with Crippen molar-refractivity contribution >= 4 is 25.6 Å². The number of benzene rings is 1. The van der Waals surface area contributed by atoms with Crippen LogP contribution in [0.3, 0.4) is 0 Å². The summed E-state index contributed by atoms with van der Waals surface area (Å²) < 4.78 is 25.9. The third-order valence-electron chi connectivity index (χ3n) is 5.45. The SMILES string of the molecule is CCCCCCCCCCCC(=O)OCC1CO[P](O)(C(=O)Oc2ccccc2C(=O)OCC)O1. The van der Waals surface area contributed by atoms with Gasteiger partial charge >= 0.3 is 25.6 Å². The Bertz CT molecular complexity index is 816. The zero-order valence-corrected chi connectivity index (χ0v) is 21.6. The first-order valence-electron chi connectivity index (χ1n) is 12.5. The van der Waals surface area contributed by atoms with Crippen molar-refractivity contribution in [2.24, 2.45) is 0 Å². The molecule has 1 N–H and O–H groups in total. The van der Waals surface area contributed by atoms with Crippen molar-refractivity contribution in [2.75, 3.05) is 19.8 Å². The van der Waals surface area contributed by atoms with Crippen LogP contribution < -0.4 is 4.74 Å². The number of esters is 2. The molecule has 10 heteroatoms. The van der Waals surface area contributed by atoms with Crippen molar-refractivity contribution < 1.29 is 42.5 Å². The molecule has 1 fully saturated rings. The molecule has 9 nitrogen and oxygen atoms in total. The van der Waals surface area contributed by atoms with Crippen LogP contribution in [0, 0.1) is 0 Å². The Morgan fingerprint density at radius 1 is 0.971 bits per heavy atom. The second-order valence-electron chi connectivity index (χ2n) is 8.39. The lowest BCUT2D eigenvalue weighted by molar-refractivity contribution is -0.146. The van der Waals surface area contributed by atoms with Gasteiger partial charge in [0.15, 0.2) is 0 Å². The Labute approximate surface area is 208 Å². The smallest absolute Gasteiger partial charge is 0.409 e. The molecule has 197 valence electrons. The summed E-state index contributed by atoms with van der Waals surface area (Å²) in [5, 5.41) is 0. The molecule has 0 spiro atoms. The van der Waals surface area contributed by atoms with Gasteiger partial charge in [-0.15, -0.1) is 0 Å². The second-order valence-corrected chi connectivity index (χ2v) is 10.3. The molecule has 1 aliphatic heterocycles. The maximum atomic E-state index is 12.5. The van der Waals surface area contributed by atoms with Gasteiger partial charge < -0.3 is 28.2 Å². The largest absolute Gasteiger partial charge is 0.463 e. The Balaban J connectivity index is 1.68. The summed E-state index contributed by atoms with van der Waals surface area (Å²) in [7, 11) is -4.01. The fourth-order valence-electron chi connectivity index (χ4n) is 3.54. The average Bonchev–Trinajstić information content (AvgIpc) is 3.24. The van der Waals surface area contributed by atoms with Crippen molar-refractivity contribution in [1.29, 1.82) is 0 Å². The van der Waals surface area contributed by atoms with Crippen molar-refractivity contribution in [2.45, 2.75) is 84.2 Å². The number of hydrogen-bond acceptors (Lipinski definition) is 9. The maximum Gasteiger partial charge on any atom is 0.409 e. The molecule has 0 aromatic heterocycles. The Morgan fingerprint density at radius 2 is 1.63 bits per heavy atom. The molecule has 1 aliphatic rings. The fourth-order valence-corrected chi connectivity index (χ4v) is 4.90. The van der Waals surface area contributed by atoms with E-state index in [1.54, 1.807) is 19.1 Å². The van der Waals surface area contributed by atoms with Gasteiger partial charge in [0.2, 0.25) is 0 Å². The number of ether oxygens (including phenoxy) is 3. The van der Waals surface area contributed by atoms with Gasteiger partial charge in [-0.2, -0.15) is 0 Å². The van der Waals surface area contributed by atoms with E-state index in [9.17, 15) is 19.3 Å². The molecule has 1 heterocycles. The number of carbonyl (C=O) groups is 3. The van der Waals surface area contributed by atoms with E-state index in [1.165, 1.54) is 50.7 Å². The minimum Gasteiger partial charge on any atom is -0.463 e. The van der Waals surface area contributed by atoms with E-state index >= 15 is 0 Å². The maximum absolute atomic E-state index is 12.5. The Hall–Kier alpha value is -2.06. The van der Waals surface area contributed by atoms with Crippen LogP contribution in [0.15, 0.2) is 24.3 Å². The molecule has 1 aromatic carbocycles. The lowest BCUT2D eigenvalue weighted by atomic mass is 10.1. The van der Waals surface area contributed by atoms with Gasteiger partial charge in [0.25, 0.3) is 0 Å². The van der Waals surface area contributed by atoms with E-state index in [2.05, 4.69) is 6.92 Å². The molecule has 0 saturated carbocycles. The average molecular weight is 514 g/mol. The molecule has 1 aromatic rings. The van der Waals surface area contributed by atoms with Gasteiger partial charge in [-0.05, 0) is 25.5 Å². The van der Waals surface area contributed by atoms with Gasteiger partial charge in [-0.1, -0.05) is 70.4 Å². The van der Waals surface area contributed by atoms with E-state index in [4.69, 9.17) is 23.3 Å². The van der Waals surface area contributed by atoms with Gasteiger partial charge in [-0.3, -0.25) is 4.79 Å². The molecule has 2 atom stereocenters. The highest BCUT2D eigenvalue weighted by Gasteiger charge is 2.48. The van der Waals surface area contributed by atoms with Crippen molar-refractivity contribution in [3.05, 3.63) is 29.8 Å². The van der Waals surface area contributed by atoms with Crippen LogP contribution >= 0.6 is 7.94 Å². The van der Waals surface area contributed by atoms with Crippen molar-refractivity contribution in [3.63, 3.8) is 0 Å². The van der Waals surface area contributed by atoms with E-state index in [1.807, 2.05) is 0 Å². The van der Waals surface area contributed by atoms with Gasteiger partial charge in [0.05, 0.1) is 13.2 Å². The summed E-state index contributed by atoms with van der Waals surface area (Å²) in [6.07, 6.45) is 9.94. The molecular weight excluding hydrogens is 475 g/mol. The molecule has 2 rings (SSSR count). The van der Waals surface area contributed by atoms with Crippen LogP contribution in [-0.4, -0.2) is 48.5 Å². The first-order valence-corrected chi connectivity index (χ1v) is 14.1. The highest BCUT2D eigenvalue weighted by Crippen LogP contribution is 2.63. The Kier molecular flexibility index (Phi) is 13.2. The predicted octanol–water partition coefficient (Wildman–Crippen LogP) is 6.00. The summed E-state index contributed by atoms with van der Waals surface area (Å²) >= 11 is 0. The third-order valence-corrected chi connectivity index (χ3v) is 7.09. The minimum absolute atomic E-state index is 0.0375. The molecule has 1 saturated heterocycles. The highest BCUT2D eigenvalue weighted by molar-refractivity contribution is 7.77. The summed E-state index contributed by atoms with van der Waals surface area (Å²) in [6, 6.07) is 6.00. The number of carbonyl (C=O) groups excluding carboxylic acids is 3. The first-order chi connectivity index (χ1) is 16.9. The van der Waals surface area contributed by atoms with Crippen LogP contribution in [0.5, 0.6) is 5.75 Å². The molecule has 2 unspecified atom stereocenters. The molecule has 0 bridgehead atoms. The van der Waals surface area contributed by atoms with Crippen LogP contribution in [0.4, 0.5) is 4.79 Å². The zero-order valence-electron chi connectivity index (χ0n) is 20.7. The van der Waals surface area contributed by atoms with Gasteiger partial charge in [-0.25, -0.2) is 9.59 Å². The molecule has 0 aliphatic carbocycles. The summed E-state index contributed by atoms with van der Waals surface area (Å²) in [4.78, 5) is 47.1. The highest BCUT2D eigenvalue weighted by atomic mass is 31.2. The zero-order chi connectivity index (χ0) is 25.5. The number of para-hydroxylation sites is 1. The summed E-state index contributed by atoms with van der Waals surface area (Å²) in [5.74, 6) is -1.09. The van der Waals surface area contributed by atoms with E-state index in [0.29, 0.717) is 6.42 Å². The normalized spacial score (nSPS) is 19.3. The van der Waals surface area contributed by atoms with Crippen molar-refractivity contribution in [1.82, 2.24) is 0 Å². The number of rotatable bonds is 16. The monoisotopic (exact) mass is 513 g/mol. The summed E-state index contributed by atoms with van der Waals surface area (Å²) in [5.41, 5.74) is -1.10. The van der Waals surface area contributed by atoms with Crippen LogP contribution in [0.2, 0.25) is 0 Å². The second kappa shape index (κ2) is 15.8. The van der Waals surface area contributed by atoms with E-state index < -0.39 is 25.7 Å². The number of hydrogen-bond donors (Lipinski definition) is 1. The molecule has 35 heavy (non-hydrogen) atoms. The van der Waals surface area contributed by atoms with E-state index in [-0.39, 0.29) is 37.1 Å². The predicted molar refractivity (Wildman–Crippen MR) is 131 cm³/mol. The summed E-state index contributed by atoms with van der Waals surface area (Å²) in [6.45, 7) is 3.76. The van der Waals surface area contributed by atoms with Gasteiger partial charge in [0.1, 0.15) is 24.0 Å². The molecular formula is C25H38O9P. The van der Waals surface area contributed by atoms with Gasteiger partial charge in [0, 0.05) is 6.42 Å². The number of unbranched alkanes of at least 4 members (excludes halogenated alkanes) is 8. The van der Waals surface area contributed by atoms with E-state index in [0.717, 1.165) is 19.3 Å². The van der Waals surface area contributed by atoms with Crippen LogP contribution in [-0.2, 0) is 23.3 Å². The lowest BCUT2D eigenvalue weighted by Gasteiger charge is -2.20. The van der Waals surface area contributed by atoms with Crippen molar-refractivity contribution in [3.8, 4) is 5.75 Å². The van der Waals surface area contributed by atoms with Crippen LogP contribution in [0.1, 0.15) is 88.4 Å². The lowest BCUT2D eigenvalue weighted by Crippen LogP contribution is -2.21. The van der Waals surface area contributed by atoms with Crippen LogP contribution in [0.25, 0.3) is 0 Å². The fraction of sp³-hybridized carbons (Fsp3) is 0.640.